The van der Waals surface area contributed by atoms with Crippen molar-refractivity contribution in [2.45, 2.75) is 103 Å². The quantitative estimate of drug-likeness (QED) is 0.293. The lowest BCUT2D eigenvalue weighted by atomic mass is 10.0. The normalized spacial score (nSPS) is 14.5. The fourth-order valence-electron chi connectivity index (χ4n) is 2.56. The summed E-state index contributed by atoms with van der Waals surface area (Å²) in [6.45, 7) is 1.89. The number of aliphatic hydroxyl groups excluding tert-OH is 3. The van der Waals surface area contributed by atoms with E-state index < -0.39 is 12.2 Å². The molecule has 2 unspecified atom stereocenters. The van der Waals surface area contributed by atoms with Gasteiger partial charge in [0.2, 0.25) is 0 Å². The molecule has 3 nitrogen and oxygen atoms in total. The van der Waals surface area contributed by atoms with Crippen LogP contribution in [0, 0.1) is 0 Å². The van der Waals surface area contributed by atoms with Gasteiger partial charge >= 0.3 is 0 Å². The summed E-state index contributed by atoms with van der Waals surface area (Å²) in [5.74, 6) is 0. The molecule has 0 amide bonds. The largest absolute Gasteiger partial charge is 0.394 e. The van der Waals surface area contributed by atoms with Gasteiger partial charge in [-0.2, -0.15) is 0 Å². The molecule has 0 spiro atoms. The maximum absolute atomic E-state index is 9.49. The summed E-state index contributed by atoms with van der Waals surface area (Å²) in [7, 11) is 0. The third-order valence-corrected chi connectivity index (χ3v) is 4.14. The first-order valence-corrected chi connectivity index (χ1v) is 9.34. The van der Waals surface area contributed by atoms with E-state index in [1.165, 1.54) is 64.2 Å². The van der Waals surface area contributed by atoms with Crippen LogP contribution in [-0.2, 0) is 0 Å². The summed E-state index contributed by atoms with van der Waals surface area (Å²) in [6.07, 6.45) is 18.4. The SMILES string of the molecule is CCCCCCC=CCCCCCCCCC(O)C(O)CO. The van der Waals surface area contributed by atoms with Crippen molar-refractivity contribution in [3.05, 3.63) is 12.2 Å². The van der Waals surface area contributed by atoms with Crippen LogP contribution in [-0.4, -0.2) is 34.1 Å². The van der Waals surface area contributed by atoms with Gasteiger partial charge in [0.1, 0.15) is 6.10 Å². The number of aliphatic hydroxyl groups is 3. The van der Waals surface area contributed by atoms with Crippen LogP contribution in [0.1, 0.15) is 90.4 Å². The van der Waals surface area contributed by atoms with Crippen molar-refractivity contribution in [3.8, 4) is 0 Å². The second-order valence-electron chi connectivity index (χ2n) is 6.34. The smallest absolute Gasteiger partial charge is 0.103 e. The minimum atomic E-state index is -0.978. The van der Waals surface area contributed by atoms with Crippen molar-refractivity contribution >= 4 is 0 Å². The fraction of sp³-hybridized carbons (Fsp3) is 0.895. The Bertz CT molecular complexity index is 241. The maximum Gasteiger partial charge on any atom is 0.103 e. The Morgan fingerprint density at radius 2 is 1.18 bits per heavy atom. The third-order valence-electron chi connectivity index (χ3n) is 4.14. The van der Waals surface area contributed by atoms with Gasteiger partial charge in [-0.1, -0.05) is 70.4 Å². The predicted molar refractivity (Wildman–Crippen MR) is 93.9 cm³/mol. The van der Waals surface area contributed by atoms with Gasteiger partial charge in [0, 0.05) is 0 Å². The van der Waals surface area contributed by atoms with Gasteiger partial charge in [0.05, 0.1) is 12.7 Å². The van der Waals surface area contributed by atoms with E-state index in [-0.39, 0.29) is 6.61 Å². The van der Waals surface area contributed by atoms with Gasteiger partial charge in [-0.3, -0.25) is 0 Å². The maximum atomic E-state index is 9.49. The molecule has 0 saturated heterocycles. The van der Waals surface area contributed by atoms with E-state index in [1.807, 2.05) is 0 Å². The molecular weight excluding hydrogens is 276 g/mol. The first kappa shape index (κ1) is 21.6. The zero-order chi connectivity index (χ0) is 16.5. The first-order valence-electron chi connectivity index (χ1n) is 9.34. The van der Waals surface area contributed by atoms with E-state index in [9.17, 15) is 10.2 Å². The Morgan fingerprint density at radius 1 is 0.682 bits per heavy atom. The molecule has 0 fully saturated rings. The topological polar surface area (TPSA) is 60.7 Å². The molecule has 132 valence electrons. The van der Waals surface area contributed by atoms with Gasteiger partial charge < -0.3 is 15.3 Å². The summed E-state index contributed by atoms with van der Waals surface area (Å²) in [5, 5.41) is 27.4. The van der Waals surface area contributed by atoms with Crippen LogP contribution in [0.4, 0.5) is 0 Å². The Morgan fingerprint density at radius 3 is 1.73 bits per heavy atom. The summed E-state index contributed by atoms with van der Waals surface area (Å²) >= 11 is 0. The van der Waals surface area contributed by atoms with E-state index in [2.05, 4.69) is 19.1 Å². The van der Waals surface area contributed by atoms with Crippen LogP contribution in [0.2, 0.25) is 0 Å². The van der Waals surface area contributed by atoms with Crippen LogP contribution in [0.25, 0.3) is 0 Å². The standard InChI is InChI=1S/C19H38O3/c1-2-3-4-5-6-7-8-9-10-11-12-13-14-15-16-18(21)19(22)17-20/h7-8,18-22H,2-6,9-17H2,1H3. The van der Waals surface area contributed by atoms with Crippen molar-refractivity contribution in [1.82, 2.24) is 0 Å². The molecule has 3 N–H and O–H groups in total. The molecule has 0 aromatic heterocycles. The molecule has 0 radical (unpaired) electrons. The van der Waals surface area contributed by atoms with Crippen molar-refractivity contribution < 1.29 is 15.3 Å². The van der Waals surface area contributed by atoms with Crippen LogP contribution in [0.3, 0.4) is 0 Å². The van der Waals surface area contributed by atoms with Crippen LogP contribution in [0.5, 0.6) is 0 Å². The lowest BCUT2D eigenvalue weighted by Gasteiger charge is -2.14. The number of hydrogen-bond donors (Lipinski definition) is 3. The van der Waals surface area contributed by atoms with Crippen LogP contribution >= 0.6 is 0 Å². The first-order chi connectivity index (χ1) is 10.7. The molecule has 2 atom stereocenters. The summed E-state index contributed by atoms with van der Waals surface area (Å²) in [6, 6.07) is 0. The molecule has 0 rings (SSSR count). The monoisotopic (exact) mass is 314 g/mol. The van der Waals surface area contributed by atoms with Gasteiger partial charge in [-0.25, -0.2) is 0 Å². The van der Waals surface area contributed by atoms with E-state index >= 15 is 0 Å². The molecule has 0 aromatic rings. The molecule has 0 saturated carbocycles. The van der Waals surface area contributed by atoms with E-state index in [1.54, 1.807) is 0 Å². The highest BCUT2D eigenvalue weighted by atomic mass is 16.4. The highest BCUT2D eigenvalue weighted by Crippen LogP contribution is 2.11. The van der Waals surface area contributed by atoms with Gasteiger partial charge in [0.25, 0.3) is 0 Å². The van der Waals surface area contributed by atoms with E-state index in [0.29, 0.717) is 6.42 Å². The zero-order valence-corrected chi connectivity index (χ0v) is 14.6. The molecule has 0 aliphatic carbocycles. The average Bonchev–Trinajstić information content (AvgIpc) is 2.54. The molecule has 0 aliphatic rings. The number of rotatable bonds is 16. The Hall–Kier alpha value is -0.380. The highest BCUT2D eigenvalue weighted by Gasteiger charge is 2.13. The number of allylic oxidation sites excluding steroid dienone is 2. The predicted octanol–water partition coefficient (Wildman–Crippen LogP) is 4.35. The minimum absolute atomic E-state index is 0.354. The average molecular weight is 315 g/mol. The Kier molecular flexibility index (Phi) is 16.7. The summed E-state index contributed by atoms with van der Waals surface area (Å²) in [4.78, 5) is 0. The molecule has 3 heteroatoms. The highest BCUT2D eigenvalue weighted by molar-refractivity contribution is 4.81. The Balaban J connectivity index is 3.19. The van der Waals surface area contributed by atoms with Crippen LogP contribution < -0.4 is 0 Å². The van der Waals surface area contributed by atoms with E-state index in [0.717, 1.165) is 12.8 Å². The molecular formula is C19H38O3. The zero-order valence-electron chi connectivity index (χ0n) is 14.6. The Labute approximate surface area is 137 Å². The number of unbranched alkanes of at least 4 members (excludes halogenated alkanes) is 10. The lowest BCUT2D eigenvalue weighted by molar-refractivity contribution is -0.0185. The van der Waals surface area contributed by atoms with Crippen molar-refractivity contribution in [2.75, 3.05) is 6.61 Å². The third kappa shape index (κ3) is 14.6. The van der Waals surface area contributed by atoms with Gasteiger partial charge in [-0.15, -0.1) is 0 Å². The van der Waals surface area contributed by atoms with Gasteiger partial charge in [0.15, 0.2) is 0 Å². The van der Waals surface area contributed by atoms with Crippen LogP contribution in [0.15, 0.2) is 12.2 Å². The second kappa shape index (κ2) is 17.0. The fourth-order valence-corrected chi connectivity index (χ4v) is 2.56. The molecule has 0 aliphatic heterocycles. The lowest BCUT2D eigenvalue weighted by Crippen LogP contribution is -2.28. The van der Waals surface area contributed by atoms with Crippen molar-refractivity contribution in [3.63, 3.8) is 0 Å². The molecule has 0 bridgehead atoms. The van der Waals surface area contributed by atoms with Gasteiger partial charge in [-0.05, 0) is 32.1 Å². The summed E-state index contributed by atoms with van der Waals surface area (Å²) < 4.78 is 0. The number of hydrogen-bond acceptors (Lipinski definition) is 3. The van der Waals surface area contributed by atoms with E-state index in [4.69, 9.17) is 5.11 Å². The second-order valence-corrected chi connectivity index (χ2v) is 6.34. The molecule has 0 heterocycles. The van der Waals surface area contributed by atoms with Crippen molar-refractivity contribution in [2.24, 2.45) is 0 Å². The van der Waals surface area contributed by atoms with Crippen molar-refractivity contribution in [1.29, 1.82) is 0 Å². The summed E-state index contributed by atoms with van der Waals surface area (Å²) in [5.41, 5.74) is 0. The molecule has 0 aromatic carbocycles. The minimum Gasteiger partial charge on any atom is -0.394 e. The molecule has 22 heavy (non-hydrogen) atoms.